The van der Waals surface area contributed by atoms with E-state index in [1.54, 1.807) is 31.3 Å². The van der Waals surface area contributed by atoms with E-state index in [0.717, 1.165) is 12.8 Å². The first-order valence-corrected chi connectivity index (χ1v) is 8.35. The molecule has 20 heavy (non-hydrogen) atoms. The molecule has 1 aliphatic carbocycles. The van der Waals surface area contributed by atoms with E-state index in [0.29, 0.717) is 24.8 Å². The second-order valence-corrected chi connectivity index (χ2v) is 7.06. The van der Waals surface area contributed by atoms with Gasteiger partial charge in [0, 0.05) is 19.6 Å². The number of hydrogen-bond acceptors (Lipinski definition) is 4. The van der Waals surface area contributed by atoms with Gasteiger partial charge in [0.25, 0.3) is 0 Å². The maximum atomic E-state index is 12.6. The van der Waals surface area contributed by atoms with Crippen LogP contribution in [0.1, 0.15) is 19.8 Å². The number of sulfonamides is 1. The van der Waals surface area contributed by atoms with Crippen molar-refractivity contribution in [2.24, 2.45) is 11.7 Å². The fourth-order valence-electron chi connectivity index (χ4n) is 2.34. The van der Waals surface area contributed by atoms with Crippen molar-refractivity contribution >= 4 is 10.0 Å². The summed E-state index contributed by atoms with van der Waals surface area (Å²) in [7, 11) is -1.88. The molecular weight excluding hydrogens is 276 g/mol. The van der Waals surface area contributed by atoms with Gasteiger partial charge in [0.2, 0.25) is 10.0 Å². The molecule has 0 amide bonds. The number of ether oxygens (including phenoxy) is 1. The molecule has 0 spiro atoms. The minimum absolute atomic E-state index is 0.105. The molecule has 2 N–H and O–H groups in total. The predicted octanol–water partition coefficient (Wildman–Crippen LogP) is 1.44. The Morgan fingerprint density at radius 1 is 1.35 bits per heavy atom. The van der Waals surface area contributed by atoms with Crippen molar-refractivity contribution in [2.45, 2.75) is 30.7 Å². The molecule has 112 valence electrons. The van der Waals surface area contributed by atoms with Gasteiger partial charge in [-0.2, -0.15) is 4.31 Å². The summed E-state index contributed by atoms with van der Waals surface area (Å²) in [4.78, 5) is 0.280. The zero-order chi connectivity index (χ0) is 14.8. The number of nitrogens with two attached hydrogens (primary N) is 1. The molecule has 0 radical (unpaired) electrons. The number of benzene rings is 1. The van der Waals surface area contributed by atoms with Crippen LogP contribution in [0.3, 0.4) is 0 Å². The van der Waals surface area contributed by atoms with Crippen LogP contribution in [0.5, 0.6) is 5.75 Å². The van der Waals surface area contributed by atoms with Gasteiger partial charge < -0.3 is 10.5 Å². The van der Waals surface area contributed by atoms with Crippen molar-refractivity contribution in [3.8, 4) is 5.75 Å². The first-order chi connectivity index (χ1) is 9.50. The monoisotopic (exact) mass is 298 g/mol. The summed E-state index contributed by atoms with van der Waals surface area (Å²) in [5.74, 6) is 1.08. The van der Waals surface area contributed by atoms with Crippen molar-refractivity contribution in [3.05, 3.63) is 24.3 Å². The van der Waals surface area contributed by atoms with Gasteiger partial charge in [-0.15, -0.1) is 0 Å². The summed E-state index contributed by atoms with van der Waals surface area (Å²) in [6, 6.07) is 6.42. The van der Waals surface area contributed by atoms with Crippen molar-refractivity contribution in [1.29, 1.82) is 0 Å². The van der Waals surface area contributed by atoms with Crippen LogP contribution in [0, 0.1) is 5.92 Å². The fraction of sp³-hybridized carbons (Fsp3) is 0.571. The molecule has 1 fully saturated rings. The van der Waals surface area contributed by atoms with E-state index >= 15 is 0 Å². The second-order valence-electron chi connectivity index (χ2n) is 5.07. The quantitative estimate of drug-likeness (QED) is 0.827. The van der Waals surface area contributed by atoms with E-state index in [2.05, 4.69) is 0 Å². The lowest BCUT2D eigenvalue weighted by atomic mass is 10.2. The van der Waals surface area contributed by atoms with Crippen LogP contribution in [-0.2, 0) is 10.0 Å². The molecule has 1 aromatic rings. The largest absolute Gasteiger partial charge is 0.494 e. The van der Waals surface area contributed by atoms with Gasteiger partial charge in [0.15, 0.2) is 0 Å². The third kappa shape index (κ3) is 3.13. The molecule has 0 aromatic heterocycles. The molecule has 1 atom stereocenters. The number of nitrogens with zero attached hydrogens (tertiary/aromatic N) is 1. The van der Waals surface area contributed by atoms with Gasteiger partial charge in [0.05, 0.1) is 11.5 Å². The Morgan fingerprint density at radius 2 is 1.95 bits per heavy atom. The summed E-state index contributed by atoms with van der Waals surface area (Å²) in [5, 5.41) is 0. The second kappa shape index (κ2) is 6.11. The summed E-state index contributed by atoms with van der Waals surface area (Å²) >= 11 is 0. The first kappa shape index (κ1) is 15.3. The van der Waals surface area contributed by atoms with E-state index in [1.165, 1.54) is 4.31 Å². The van der Waals surface area contributed by atoms with Crippen molar-refractivity contribution in [1.82, 2.24) is 4.31 Å². The summed E-state index contributed by atoms with van der Waals surface area (Å²) in [6.45, 7) is 2.81. The topological polar surface area (TPSA) is 72.6 Å². The molecule has 1 unspecified atom stereocenters. The molecule has 6 heteroatoms. The highest BCUT2D eigenvalue weighted by Crippen LogP contribution is 2.36. The molecule has 0 heterocycles. The molecule has 2 rings (SSSR count). The minimum Gasteiger partial charge on any atom is -0.494 e. The van der Waals surface area contributed by atoms with Crippen LogP contribution in [0.4, 0.5) is 0 Å². The van der Waals surface area contributed by atoms with Gasteiger partial charge in [-0.25, -0.2) is 8.42 Å². The van der Waals surface area contributed by atoms with Gasteiger partial charge in [-0.3, -0.25) is 0 Å². The highest BCUT2D eigenvalue weighted by Gasteiger charge is 2.38. The Bertz CT molecular complexity index is 538. The molecule has 0 bridgehead atoms. The van der Waals surface area contributed by atoms with Crippen molar-refractivity contribution in [3.63, 3.8) is 0 Å². The summed E-state index contributed by atoms with van der Waals surface area (Å²) in [5.41, 5.74) is 5.73. The lowest BCUT2D eigenvalue weighted by Crippen LogP contribution is -2.43. The maximum Gasteiger partial charge on any atom is 0.243 e. The molecule has 1 saturated carbocycles. The highest BCUT2D eigenvalue weighted by atomic mass is 32.2. The molecule has 1 aliphatic rings. The van der Waals surface area contributed by atoms with E-state index < -0.39 is 10.0 Å². The third-order valence-electron chi connectivity index (χ3n) is 3.69. The van der Waals surface area contributed by atoms with Crippen LogP contribution in [0.25, 0.3) is 0 Å². The minimum atomic E-state index is -3.49. The Labute approximate surface area is 120 Å². The fourth-order valence-corrected chi connectivity index (χ4v) is 3.77. The Morgan fingerprint density at radius 3 is 2.40 bits per heavy atom. The van der Waals surface area contributed by atoms with Crippen LogP contribution in [0.15, 0.2) is 29.2 Å². The van der Waals surface area contributed by atoms with Gasteiger partial charge in [0.1, 0.15) is 5.75 Å². The Hall–Kier alpha value is -1.11. The standard InChI is InChI=1S/C14H22N2O3S/c1-3-19-12-6-8-13(9-7-12)20(17,18)16(2)14(10-15)11-4-5-11/h6-9,11,14H,3-5,10,15H2,1-2H3. The van der Waals surface area contributed by atoms with Crippen molar-refractivity contribution in [2.75, 3.05) is 20.2 Å². The number of rotatable bonds is 7. The van der Waals surface area contributed by atoms with Crippen LogP contribution in [0.2, 0.25) is 0 Å². The molecule has 1 aromatic carbocycles. The van der Waals surface area contributed by atoms with E-state index in [-0.39, 0.29) is 10.9 Å². The zero-order valence-electron chi connectivity index (χ0n) is 12.0. The normalized spacial score (nSPS) is 17.2. The molecular formula is C14H22N2O3S. The molecule has 0 aliphatic heterocycles. The molecule has 5 nitrogen and oxygen atoms in total. The predicted molar refractivity (Wildman–Crippen MR) is 78.1 cm³/mol. The van der Waals surface area contributed by atoms with Gasteiger partial charge in [-0.1, -0.05) is 0 Å². The van der Waals surface area contributed by atoms with Crippen LogP contribution in [-0.4, -0.2) is 39.0 Å². The maximum absolute atomic E-state index is 12.6. The SMILES string of the molecule is CCOc1ccc(S(=O)(=O)N(C)C(CN)C2CC2)cc1. The highest BCUT2D eigenvalue weighted by molar-refractivity contribution is 7.89. The Kier molecular flexibility index (Phi) is 4.67. The van der Waals surface area contributed by atoms with Gasteiger partial charge in [-0.05, 0) is 49.9 Å². The first-order valence-electron chi connectivity index (χ1n) is 6.91. The lowest BCUT2D eigenvalue weighted by Gasteiger charge is -2.26. The van der Waals surface area contributed by atoms with E-state index in [9.17, 15) is 8.42 Å². The summed E-state index contributed by atoms with van der Waals surface area (Å²) in [6.07, 6.45) is 2.12. The van der Waals surface area contributed by atoms with Crippen molar-refractivity contribution < 1.29 is 13.2 Å². The zero-order valence-corrected chi connectivity index (χ0v) is 12.8. The van der Waals surface area contributed by atoms with Crippen LogP contribution < -0.4 is 10.5 Å². The number of likely N-dealkylation sites (N-methyl/N-ethyl adjacent to an activating group) is 1. The van der Waals surface area contributed by atoms with E-state index in [1.807, 2.05) is 6.92 Å². The average Bonchev–Trinajstić information content (AvgIpc) is 3.25. The van der Waals surface area contributed by atoms with Gasteiger partial charge >= 0.3 is 0 Å². The average molecular weight is 298 g/mol. The molecule has 0 saturated heterocycles. The van der Waals surface area contributed by atoms with E-state index in [4.69, 9.17) is 10.5 Å². The lowest BCUT2D eigenvalue weighted by molar-refractivity contribution is 0.338. The number of hydrogen-bond donors (Lipinski definition) is 1. The Balaban J connectivity index is 2.20. The summed E-state index contributed by atoms with van der Waals surface area (Å²) < 4.78 is 31.9. The van der Waals surface area contributed by atoms with Crippen LogP contribution >= 0.6 is 0 Å². The smallest absolute Gasteiger partial charge is 0.243 e. The third-order valence-corrected chi connectivity index (χ3v) is 5.58.